The van der Waals surface area contributed by atoms with Crippen molar-refractivity contribution in [2.45, 2.75) is 65.0 Å². The van der Waals surface area contributed by atoms with Crippen molar-refractivity contribution in [2.24, 2.45) is 0 Å². The third-order valence-electron chi connectivity index (χ3n) is 5.22. The van der Waals surface area contributed by atoms with E-state index in [2.05, 4.69) is 29.0 Å². The summed E-state index contributed by atoms with van der Waals surface area (Å²) in [4.78, 5) is 30.7. The topological polar surface area (TPSA) is 83.5 Å². The summed E-state index contributed by atoms with van der Waals surface area (Å²) >= 11 is 0. The molecule has 0 saturated heterocycles. The van der Waals surface area contributed by atoms with E-state index < -0.39 is 0 Å². The Hall–Kier alpha value is -2.74. The lowest BCUT2D eigenvalue weighted by molar-refractivity contribution is -0.121. The number of fused-ring (bicyclic) bond motifs is 1. The Balaban J connectivity index is 1.89. The maximum atomic E-state index is 12.5. The Bertz CT molecular complexity index is 997. The van der Waals surface area contributed by atoms with Crippen molar-refractivity contribution in [3.8, 4) is 17.3 Å². The van der Waals surface area contributed by atoms with E-state index in [0.717, 1.165) is 48.6 Å². The fraction of sp³-hybridized carbons (Fsp3) is 0.600. The first-order valence-electron chi connectivity index (χ1n) is 11.5. The van der Waals surface area contributed by atoms with Crippen LogP contribution in [0.5, 0.6) is 5.75 Å². The number of hydrogen-bond donors (Lipinski definition) is 1. The second kappa shape index (κ2) is 9.63. The van der Waals surface area contributed by atoms with Crippen LogP contribution in [-0.4, -0.2) is 71.1 Å². The van der Waals surface area contributed by atoms with Crippen LogP contribution in [-0.2, 0) is 17.6 Å². The summed E-state index contributed by atoms with van der Waals surface area (Å²) in [6, 6.07) is 3.75. The van der Waals surface area contributed by atoms with Gasteiger partial charge in [-0.25, -0.2) is 9.97 Å². The number of hydrogen-bond acceptors (Lipinski definition) is 7. The normalized spacial score (nSPS) is 13.7. The minimum absolute atomic E-state index is 0.0337. The Labute approximate surface area is 197 Å². The Morgan fingerprint density at radius 2 is 1.85 bits per heavy atom. The second-order valence-corrected chi connectivity index (χ2v) is 10.8. The van der Waals surface area contributed by atoms with Crippen molar-refractivity contribution in [3.05, 3.63) is 29.6 Å². The van der Waals surface area contributed by atoms with Gasteiger partial charge in [0.1, 0.15) is 22.9 Å². The molecule has 0 spiro atoms. The smallest absolute Gasteiger partial charge is 0.239 e. The summed E-state index contributed by atoms with van der Waals surface area (Å²) in [6.45, 7) is 11.1. The summed E-state index contributed by atoms with van der Waals surface area (Å²) in [7, 11) is 5.96. The van der Waals surface area contributed by atoms with E-state index in [1.54, 1.807) is 6.20 Å². The van der Waals surface area contributed by atoms with Crippen molar-refractivity contribution >= 4 is 11.7 Å². The minimum Gasteiger partial charge on any atom is -0.486 e. The van der Waals surface area contributed by atoms with Gasteiger partial charge in [-0.05, 0) is 74.0 Å². The lowest BCUT2D eigenvalue weighted by Gasteiger charge is -2.29. The molecule has 1 amide bonds. The second-order valence-electron chi connectivity index (χ2n) is 10.8. The first-order valence-corrected chi connectivity index (χ1v) is 11.5. The fourth-order valence-electron chi connectivity index (χ4n) is 4.30. The molecule has 1 aliphatic carbocycles. The molecule has 0 atom stereocenters. The standard InChI is InChI=1S/C25H38N6O2/c1-24(2,3)29-21(32)15-31(8)23-18-10-9-11-19(18)27-22(28-23)20-14-17(12-13-26-20)33-25(4,5)16-30(6)7/h12-14H,9-11,15-16H2,1-8H3,(H,29,32). The first-order chi connectivity index (χ1) is 15.3. The van der Waals surface area contributed by atoms with Crippen LogP contribution in [0.4, 0.5) is 5.82 Å². The zero-order valence-electron chi connectivity index (χ0n) is 21.3. The van der Waals surface area contributed by atoms with E-state index >= 15 is 0 Å². The Morgan fingerprint density at radius 3 is 2.52 bits per heavy atom. The van der Waals surface area contributed by atoms with E-state index in [-0.39, 0.29) is 23.6 Å². The number of rotatable bonds is 8. The number of ether oxygens (including phenoxy) is 1. The lowest BCUT2D eigenvalue weighted by Crippen LogP contribution is -2.45. The van der Waals surface area contributed by atoms with E-state index in [4.69, 9.17) is 14.7 Å². The molecule has 33 heavy (non-hydrogen) atoms. The monoisotopic (exact) mass is 454 g/mol. The molecule has 1 N–H and O–H groups in total. The number of anilines is 1. The summed E-state index contributed by atoms with van der Waals surface area (Å²) in [5.74, 6) is 2.06. The fourth-order valence-corrected chi connectivity index (χ4v) is 4.30. The quantitative estimate of drug-likeness (QED) is 0.656. The Kier molecular flexibility index (Phi) is 7.26. The maximum absolute atomic E-state index is 12.5. The molecular weight excluding hydrogens is 416 g/mol. The summed E-state index contributed by atoms with van der Waals surface area (Å²) < 4.78 is 6.24. The number of likely N-dealkylation sites (N-methyl/N-ethyl adjacent to an activating group) is 2. The van der Waals surface area contributed by atoms with Crippen molar-refractivity contribution in [1.29, 1.82) is 0 Å². The highest BCUT2D eigenvalue weighted by molar-refractivity contribution is 5.82. The number of carbonyl (C=O) groups is 1. The minimum atomic E-state index is -0.354. The average Bonchev–Trinajstić information content (AvgIpc) is 3.12. The highest BCUT2D eigenvalue weighted by atomic mass is 16.5. The molecular formula is C25H38N6O2. The van der Waals surface area contributed by atoms with Gasteiger partial charge >= 0.3 is 0 Å². The number of pyridine rings is 1. The molecule has 0 fully saturated rings. The van der Waals surface area contributed by atoms with Crippen molar-refractivity contribution < 1.29 is 9.53 Å². The van der Waals surface area contributed by atoms with Crippen LogP contribution in [0, 0.1) is 0 Å². The number of carbonyl (C=O) groups excluding carboxylic acids is 1. The van der Waals surface area contributed by atoms with Gasteiger partial charge in [-0.15, -0.1) is 0 Å². The maximum Gasteiger partial charge on any atom is 0.239 e. The number of aromatic nitrogens is 3. The molecule has 1 aliphatic rings. The molecule has 0 aromatic carbocycles. The van der Waals surface area contributed by atoms with Crippen LogP contribution < -0.4 is 15.0 Å². The molecule has 0 radical (unpaired) electrons. The van der Waals surface area contributed by atoms with Gasteiger partial charge in [-0.2, -0.15) is 0 Å². The van der Waals surface area contributed by atoms with Gasteiger partial charge in [-0.3, -0.25) is 9.78 Å². The van der Waals surface area contributed by atoms with Gasteiger partial charge in [0.05, 0.1) is 6.54 Å². The predicted molar refractivity (Wildman–Crippen MR) is 132 cm³/mol. The van der Waals surface area contributed by atoms with E-state index in [1.807, 2.05) is 58.9 Å². The summed E-state index contributed by atoms with van der Waals surface area (Å²) in [6.07, 6.45) is 4.60. The Morgan fingerprint density at radius 1 is 1.12 bits per heavy atom. The van der Waals surface area contributed by atoms with E-state index in [9.17, 15) is 4.79 Å². The molecule has 2 aromatic heterocycles. The van der Waals surface area contributed by atoms with Gasteiger partial charge in [-0.1, -0.05) is 0 Å². The third-order valence-corrected chi connectivity index (χ3v) is 5.22. The average molecular weight is 455 g/mol. The highest BCUT2D eigenvalue weighted by Gasteiger charge is 2.25. The number of aryl methyl sites for hydroxylation is 1. The van der Waals surface area contributed by atoms with Crippen LogP contribution in [0.15, 0.2) is 18.3 Å². The van der Waals surface area contributed by atoms with Gasteiger partial charge in [0.15, 0.2) is 5.82 Å². The molecule has 0 saturated carbocycles. The zero-order valence-corrected chi connectivity index (χ0v) is 21.3. The van der Waals surface area contributed by atoms with Gasteiger partial charge in [0.25, 0.3) is 0 Å². The molecule has 2 heterocycles. The van der Waals surface area contributed by atoms with Gasteiger partial charge in [0, 0.05) is 42.7 Å². The molecule has 8 nitrogen and oxygen atoms in total. The lowest BCUT2D eigenvalue weighted by atomic mass is 10.1. The predicted octanol–water partition coefficient (Wildman–Crippen LogP) is 3.10. The molecule has 180 valence electrons. The van der Waals surface area contributed by atoms with Crippen molar-refractivity contribution in [2.75, 3.05) is 39.1 Å². The molecule has 2 aromatic rings. The van der Waals surface area contributed by atoms with Crippen LogP contribution in [0.25, 0.3) is 11.5 Å². The van der Waals surface area contributed by atoms with Gasteiger partial charge in [0.2, 0.25) is 5.91 Å². The molecule has 0 bridgehead atoms. The molecule has 0 aliphatic heterocycles. The SMILES string of the molecule is CN(C)CC(C)(C)Oc1ccnc(-c2nc3c(c(N(C)CC(=O)NC(C)(C)C)n2)CCC3)c1. The van der Waals surface area contributed by atoms with Crippen molar-refractivity contribution in [3.63, 3.8) is 0 Å². The number of amides is 1. The van der Waals surface area contributed by atoms with Crippen LogP contribution in [0.1, 0.15) is 52.3 Å². The molecule has 3 rings (SSSR count). The van der Waals surface area contributed by atoms with Crippen LogP contribution in [0.3, 0.4) is 0 Å². The van der Waals surface area contributed by atoms with Gasteiger partial charge < -0.3 is 19.9 Å². The highest BCUT2D eigenvalue weighted by Crippen LogP contribution is 2.31. The van der Waals surface area contributed by atoms with E-state index in [0.29, 0.717) is 11.5 Å². The first kappa shape index (κ1) is 24.9. The summed E-state index contributed by atoms with van der Waals surface area (Å²) in [5, 5.41) is 3.02. The van der Waals surface area contributed by atoms with Crippen LogP contribution in [0.2, 0.25) is 0 Å². The third kappa shape index (κ3) is 6.87. The number of nitrogens with one attached hydrogen (secondary N) is 1. The zero-order chi connectivity index (χ0) is 24.4. The largest absolute Gasteiger partial charge is 0.486 e. The van der Waals surface area contributed by atoms with Crippen LogP contribution >= 0.6 is 0 Å². The summed E-state index contributed by atoms with van der Waals surface area (Å²) in [5.41, 5.74) is 2.20. The molecule has 0 unspecified atom stereocenters. The van der Waals surface area contributed by atoms with E-state index in [1.165, 1.54) is 0 Å². The van der Waals surface area contributed by atoms with Crippen molar-refractivity contribution in [1.82, 2.24) is 25.2 Å². The number of nitrogens with zero attached hydrogens (tertiary/aromatic N) is 5. The molecule has 8 heteroatoms.